The molecule has 0 spiro atoms. The molecule has 1 N–H and O–H groups in total. The first-order valence-electron chi connectivity index (χ1n) is 6.76. The minimum absolute atomic E-state index is 0.144. The van der Waals surface area contributed by atoms with Gasteiger partial charge >= 0.3 is 11.9 Å². The lowest BCUT2D eigenvalue weighted by Crippen LogP contribution is -2.29. The summed E-state index contributed by atoms with van der Waals surface area (Å²) in [6.45, 7) is 1.30. The second-order valence-corrected chi connectivity index (χ2v) is 4.70. The van der Waals surface area contributed by atoms with E-state index in [0.717, 1.165) is 17.8 Å². The minimum atomic E-state index is -3.80. The Labute approximate surface area is 125 Å². The Morgan fingerprint density at radius 2 is 1.95 bits per heavy atom. The summed E-state index contributed by atoms with van der Waals surface area (Å²) < 4.78 is 32.3. The molecule has 0 aliphatic rings. The lowest BCUT2D eigenvalue weighted by atomic mass is 10.0. The highest BCUT2D eigenvalue weighted by molar-refractivity contribution is 5.79. The Morgan fingerprint density at radius 1 is 1.27 bits per heavy atom. The van der Waals surface area contributed by atoms with Crippen molar-refractivity contribution in [2.45, 2.75) is 19.3 Å². The number of aromatic nitrogens is 1. The molecule has 2 rings (SSSR count). The molecule has 0 unspecified atom stereocenters. The second kappa shape index (κ2) is 6.51. The highest BCUT2D eigenvalue weighted by Gasteiger charge is 2.43. The van der Waals surface area contributed by atoms with Gasteiger partial charge in [0.2, 0.25) is 0 Å². The number of hydrogen-bond donors (Lipinski definition) is 1. The third-order valence-corrected chi connectivity index (χ3v) is 3.11. The van der Waals surface area contributed by atoms with Crippen molar-refractivity contribution in [3.63, 3.8) is 0 Å². The molecule has 2 aromatic rings. The third kappa shape index (κ3) is 3.39. The van der Waals surface area contributed by atoms with Crippen LogP contribution in [0.2, 0.25) is 0 Å². The lowest BCUT2D eigenvalue weighted by Gasteiger charge is -2.15. The molecule has 0 saturated carbocycles. The molecule has 0 aliphatic carbocycles. The molecule has 0 fully saturated rings. The van der Waals surface area contributed by atoms with Gasteiger partial charge in [-0.05, 0) is 18.6 Å². The van der Waals surface area contributed by atoms with Gasteiger partial charge in [-0.25, -0.2) is 4.79 Å². The van der Waals surface area contributed by atoms with Gasteiger partial charge in [-0.2, -0.15) is 8.78 Å². The largest absolute Gasteiger partial charge is 0.461 e. The van der Waals surface area contributed by atoms with Gasteiger partial charge < -0.3 is 9.72 Å². The van der Waals surface area contributed by atoms with Crippen LogP contribution in [0.1, 0.15) is 23.6 Å². The molecule has 116 valence electrons. The Morgan fingerprint density at radius 3 is 2.59 bits per heavy atom. The summed E-state index contributed by atoms with van der Waals surface area (Å²) in [7, 11) is 0. The molecule has 0 saturated heterocycles. The zero-order valence-corrected chi connectivity index (χ0v) is 11.9. The predicted molar refractivity (Wildman–Crippen MR) is 76.8 cm³/mol. The van der Waals surface area contributed by atoms with Crippen molar-refractivity contribution in [1.82, 2.24) is 4.98 Å². The number of alkyl halides is 2. The summed E-state index contributed by atoms with van der Waals surface area (Å²) in [6.07, 6.45) is 1.04. The topological polar surface area (TPSA) is 59.2 Å². The van der Waals surface area contributed by atoms with Crippen LogP contribution in [0.5, 0.6) is 0 Å². The van der Waals surface area contributed by atoms with E-state index in [-0.39, 0.29) is 18.6 Å². The van der Waals surface area contributed by atoms with Gasteiger partial charge in [0.25, 0.3) is 5.56 Å². The van der Waals surface area contributed by atoms with Crippen molar-refractivity contribution in [1.29, 1.82) is 0 Å². The van der Waals surface area contributed by atoms with E-state index in [1.165, 1.54) is 6.92 Å². The molecular weight excluding hydrogens is 292 g/mol. The van der Waals surface area contributed by atoms with Crippen molar-refractivity contribution in [2.24, 2.45) is 0 Å². The molecule has 0 bridgehead atoms. The number of nitrogens with one attached hydrogen (secondary N) is 1. The lowest BCUT2D eigenvalue weighted by molar-refractivity contribution is -0.173. The van der Waals surface area contributed by atoms with E-state index in [0.29, 0.717) is 0 Å². The molecular formula is C16H15F2NO3. The number of benzene rings is 1. The van der Waals surface area contributed by atoms with Crippen LogP contribution in [0.3, 0.4) is 0 Å². The molecule has 1 aromatic heterocycles. The maximum atomic E-state index is 14.0. The summed E-state index contributed by atoms with van der Waals surface area (Å²) in [5.74, 6) is -5.43. The van der Waals surface area contributed by atoms with Crippen molar-refractivity contribution in [3.8, 4) is 0 Å². The quantitative estimate of drug-likeness (QED) is 0.864. The number of ether oxygens (including phenoxy) is 1. The summed E-state index contributed by atoms with van der Waals surface area (Å²) in [5, 5.41) is 0. The number of rotatable bonds is 5. The first kappa shape index (κ1) is 15.9. The van der Waals surface area contributed by atoms with E-state index in [9.17, 15) is 18.4 Å². The molecule has 0 atom stereocenters. The zero-order valence-electron chi connectivity index (χ0n) is 11.9. The van der Waals surface area contributed by atoms with E-state index in [2.05, 4.69) is 9.72 Å². The van der Waals surface area contributed by atoms with Gasteiger partial charge in [-0.3, -0.25) is 4.79 Å². The van der Waals surface area contributed by atoms with Crippen LogP contribution in [-0.2, 0) is 21.9 Å². The predicted octanol–water partition coefficient (Wildman–Crippen LogP) is 2.62. The maximum Gasteiger partial charge on any atom is 0.382 e. The smallest absolute Gasteiger partial charge is 0.382 e. The van der Waals surface area contributed by atoms with Gasteiger partial charge in [0, 0.05) is 23.7 Å². The highest BCUT2D eigenvalue weighted by atomic mass is 19.3. The van der Waals surface area contributed by atoms with Gasteiger partial charge in [0.1, 0.15) is 0 Å². The fourth-order valence-corrected chi connectivity index (χ4v) is 2.00. The summed E-state index contributed by atoms with van der Waals surface area (Å²) >= 11 is 0. The third-order valence-electron chi connectivity index (χ3n) is 3.11. The van der Waals surface area contributed by atoms with Crippen LogP contribution in [0.4, 0.5) is 8.78 Å². The average Bonchev–Trinajstić information content (AvgIpc) is 2.50. The van der Waals surface area contributed by atoms with Crippen molar-refractivity contribution in [3.05, 3.63) is 69.6 Å². The number of carbonyl (C=O) groups excluding carboxylic acids is 1. The number of halogens is 2. The Hall–Kier alpha value is -2.50. The van der Waals surface area contributed by atoms with Crippen molar-refractivity contribution < 1.29 is 18.3 Å². The zero-order chi connectivity index (χ0) is 16.2. The molecule has 6 heteroatoms. The van der Waals surface area contributed by atoms with E-state index in [4.69, 9.17) is 0 Å². The Balaban J connectivity index is 2.34. The SMILES string of the molecule is CCOC(=O)C(F)(F)c1c[nH]c(=O)c(Cc2ccccc2)c1. The molecule has 0 aliphatic heterocycles. The van der Waals surface area contributed by atoms with Crippen LogP contribution < -0.4 is 5.56 Å². The van der Waals surface area contributed by atoms with Gasteiger partial charge in [-0.15, -0.1) is 0 Å². The molecule has 0 radical (unpaired) electrons. The number of carbonyl (C=O) groups is 1. The van der Waals surface area contributed by atoms with Crippen LogP contribution in [-0.4, -0.2) is 17.6 Å². The first-order chi connectivity index (χ1) is 10.4. The van der Waals surface area contributed by atoms with Crippen LogP contribution in [0.25, 0.3) is 0 Å². The van der Waals surface area contributed by atoms with Crippen LogP contribution in [0, 0.1) is 0 Å². The summed E-state index contributed by atoms with van der Waals surface area (Å²) in [5.41, 5.74) is -0.0824. The number of hydrogen-bond acceptors (Lipinski definition) is 3. The maximum absolute atomic E-state index is 14.0. The normalized spacial score (nSPS) is 11.2. The number of aromatic amines is 1. The van der Waals surface area contributed by atoms with E-state index in [1.807, 2.05) is 6.07 Å². The summed E-state index contributed by atoms with van der Waals surface area (Å²) in [6, 6.07) is 10.0. The van der Waals surface area contributed by atoms with E-state index in [1.54, 1.807) is 24.3 Å². The van der Waals surface area contributed by atoms with Crippen molar-refractivity contribution >= 4 is 5.97 Å². The molecule has 1 aromatic carbocycles. The van der Waals surface area contributed by atoms with E-state index < -0.39 is 23.0 Å². The number of H-pyrrole nitrogens is 1. The Kier molecular flexibility index (Phi) is 4.70. The second-order valence-electron chi connectivity index (χ2n) is 4.70. The summed E-state index contributed by atoms with van der Waals surface area (Å²) in [4.78, 5) is 25.4. The molecule has 22 heavy (non-hydrogen) atoms. The number of esters is 1. The van der Waals surface area contributed by atoms with Gasteiger partial charge in [0.05, 0.1) is 6.61 Å². The number of pyridine rings is 1. The van der Waals surface area contributed by atoms with Crippen LogP contribution >= 0.6 is 0 Å². The fraction of sp³-hybridized carbons (Fsp3) is 0.250. The van der Waals surface area contributed by atoms with Gasteiger partial charge in [0.15, 0.2) is 0 Å². The molecule has 1 heterocycles. The fourth-order valence-electron chi connectivity index (χ4n) is 2.00. The highest BCUT2D eigenvalue weighted by Crippen LogP contribution is 2.29. The molecule has 0 amide bonds. The van der Waals surface area contributed by atoms with E-state index >= 15 is 0 Å². The monoisotopic (exact) mass is 307 g/mol. The Bertz CT molecular complexity index is 711. The van der Waals surface area contributed by atoms with Crippen molar-refractivity contribution in [2.75, 3.05) is 6.61 Å². The van der Waals surface area contributed by atoms with Gasteiger partial charge in [-0.1, -0.05) is 30.3 Å². The first-order valence-corrected chi connectivity index (χ1v) is 6.76. The minimum Gasteiger partial charge on any atom is -0.461 e. The average molecular weight is 307 g/mol. The molecule has 4 nitrogen and oxygen atoms in total. The van der Waals surface area contributed by atoms with Crippen LogP contribution in [0.15, 0.2) is 47.4 Å². The standard InChI is InChI=1S/C16H15F2NO3/c1-2-22-15(21)16(17,18)13-9-12(14(20)19-10-13)8-11-6-4-3-5-7-11/h3-7,9-10H,2,8H2,1H3,(H,19,20).